The third kappa shape index (κ3) is 2.42. The van der Waals surface area contributed by atoms with Gasteiger partial charge in [0, 0.05) is 6.42 Å². The van der Waals surface area contributed by atoms with Gasteiger partial charge in [0.15, 0.2) is 0 Å². The Bertz CT molecular complexity index is 798. The standard InChI is InChI=1S/C13H11N3O5/c17-12-10(16(19)20)7-15(13(18)14-12)6-9-5-8-3-1-2-4-11(8)21-9/h1-4,7,9H,5-6H2,(H,14,17,18). The van der Waals surface area contributed by atoms with E-state index in [9.17, 15) is 19.7 Å². The number of aromatic nitrogens is 2. The summed E-state index contributed by atoms with van der Waals surface area (Å²) >= 11 is 0. The highest BCUT2D eigenvalue weighted by Gasteiger charge is 2.24. The molecule has 1 aromatic heterocycles. The van der Waals surface area contributed by atoms with Crippen molar-refractivity contribution in [2.75, 3.05) is 0 Å². The van der Waals surface area contributed by atoms with Gasteiger partial charge in [-0.25, -0.2) is 4.79 Å². The summed E-state index contributed by atoms with van der Waals surface area (Å²) in [5, 5.41) is 10.7. The molecule has 0 amide bonds. The van der Waals surface area contributed by atoms with Crippen LogP contribution in [0.3, 0.4) is 0 Å². The zero-order valence-corrected chi connectivity index (χ0v) is 10.8. The zero-order valence-electron chi connectivity index (χ0n) is 10.8. The lowest BCUT2D eigenvalue weighted by atomic mass is 10.1. The average molecular weight is 289 g/mol. The average Bonchev–Trinajstić information content (AvgIpc) is 2.83. The molecule has 3 rings (SSSR count). The molecule has 1 aromatic carbocycles. The number of H-pyrrole nitrogens is 1. The Kier molecular flexibility index (Phi) is 3.05. The number of ether oxygens (including phenoxy) is 1. The van der Waals surface area contributed by atoms with Crippen molar-refractivity contribution in [3.05, 3.63) is 67.0 Å². The number of fused-ring (bicyclic) bond motifs is 1. The van der Waals surface area contributed by atoms with Crippen molar-refractivity contribution in [1.82, 2.24) is 9.55 Å². The van der Waals surface area contributed by atoms with Crippen molar-refractivity contribution in [2.24, 2.45) is 0 Å². The second-order valence-electron chi connectivity index (χ2n) is 4.73. The van der Waals surface area contributed by atoms with E-state index in [1.165, 1.54) is 0 Å². The minimum Gasteiger partial charge on any atom is -0.488 e. The van der Waals surface area contributed by atoms with E-state index < -0.39 is 21.9 Å². The van der Waals surface area contributed by atoms with Crippen LogP contribution in [0.2, 0.25) is 0 Å². The lowest BCUT2D eigenvalue weighted by molar-refractivity contribution is -0.386. The van der Waals surface area contributed by atoms with Gasteiger partial charge < -0.3 is 4.74 Å². The molecule has 0 bridgehead atoms. The number of rotatable bonds is 3. The maximum atomic E-state index is 11.7. The van der Waals surface area contributed by atoms with E-state index in [4.69, 9.17) is 4.74 Å². The number of aromatic amines is 1. The molecular weight excluding hydrogens is 278 g/mol. The Morgan fingerprint density at radius 2 is 2.14 bits per heavy atom. The molecule has 1 atom stereocenters. The lowest BCUT2D eigenvalue weighted by Crippen LogP contribution is -2.34. The molecule has 8 nitrogen and oxygen atoms in total. The van der Waals surface area contributed by atoms with Gasteiger partial charge in [-0.1, -0.05) is 18.2 Å². The minimum absolute atomic E-state index is 0.130. The Labute approximate surface area is 117 Å². The van der Waals surface area contributed by atoms with Gasteiger partial charge in [0.25, 0.3) is 0 Å². The summed E-state index contributed by atoms with van der Waals surface area (Å²) in [6.07, 6.45) is 1.26. The first kappa shape index (κ1) is 13.1. The highest BCUT2D eigenvalue weighted by molar-refractivity contribution is 5.37. The van der Waals surface area contributed by atoms with Gasteiger partial charge in [0.2, 0.25) is 0 Å². The summed E-state index contributed by atoms with van der Waals surface area (Å²) in [5.74, 6) is 0.745. The van der Waals surface area contributed by atoms with Gasteiger partial charge in [-0.2, -0.15) is 0 Å². The highest BCUT2D eigenvalue weighted by atomic mass is 16.6. The fraction of sp³-hybridized carbons (Fsp3) is 0.231. The van der Waals surface area contributed by atoms with Gasteiger partial charge in [-0.3, -0.25) is 24.5 Å². The highest BCUT2D eigenvalue weighted by Crippen LogP contribution is 2.28. The number of benzene rings is 1. The van der Waals surface area contributed by atoms with Crippen LogP contribution in [0.5, 0.6) is 5.75 Å². The smallest absolute Gasteiger partial charge is 0.350 e. The molecule has 2 aromatic rings. The van der Waals surface area contributed by atoms with Crippen LogP contribution in [-0.4, -0.2) is 20.6 Å². The van der Waals surface area contributed by atoms with Crippen LogP contribution < -0.4 is 16.0 Å². The first-order valence-corrected chi connectivity index (χ1v) is 6.27. The Hall–Kier alpha value is -2.90. The number of nitrogens with one attached hydrogen (secondary N) is 1. The molecule has 21 heavy (non-hydrogen) atoms. The quantitative estimate of drug-likeness (QED) is 0.652. The second kappa shape index (κ2) is 4.89. The fourth-order valence-corrected chi connectivity index (χ4v) is 2.34. The molecule has 2 heterocycles. The Balaban J connectivity index is 1.87. The van der Waals surface area contributed by atoms with E-state index in [1.54, 1.807) is 0 Å². The van der Waals surface area contributed by atoms with E-state index in [1.807, 2.05) is 29.2 Å². The van der Waals surface area contributed by atoms with Crippen LogP contribution in [0, 0.1) is 10.1 Å². The summed E-state index contributed by atoms with van der Waals surface area (Å²) in [6.45, 7) is 0.130. The molecule has 0 fully saturated rings. The molecule has 108 valence electrons. The lowest BCUT2D eigenvalue weighted by Gasteiger charge is -2.11. The molecule has 0 radical (unpaired) electrons. The van der Waals surface area contributed by atoms with Crippen LogP contribution in [0.25, 0.3) is 0 Å². The van der Waals surface area contributed by atoms with E-state index in [0.29, 0.717) is 6.42 Å². The van der Waals surface area contributed by atoms with E-state index >= 15 is 0 Å². The van der Waals surface area contributed by atoms with Crippen molar-refractivity contribution in [1.29, 1.82) is 0 Å². The number of nitro groups is 1. The number of hydrogen-bond acceptors (Lipinski definition) is 5. The van der Waals surface area contributed by atoms with Gasteiger partial charge in [-0.15, -0.1) is 0 Å². The summed E-state index contributed by atoms with van der Waals surface area (Å²) in [5.41, 5.74) is -1.33. The van der Waals surface area contributed by atoms with Crippen LogP contribution in [0.4, 0.5) is 5.69 Å². The molecular formula is C13H11N3O5. The van der Waals surface area contributed by atoms with Gasteiger partial charge in [0.05, 0.1) is 17.7 Å². The predicted octanol–water partition coefficient (Wildman–Crippen LogP) is 0.448. The maximum absolute atomic E-state index is 11.7. The zero-order chi connectivity index (χ0) is 15.0. The molecule has 1 unspecified atom stereocenters. The molecule has 0 saturated carbocycles. The van der Waals surface area contributed by atoms with Crippen molar-refractivity contribution >= 4 is 5.69 Å². The topological polar surface area (TPSA) is 107 Å². The number of para-hydroxylation sites is 1. The van der Waals surface area contributed by atoms with Crippen LogP contribution >= 0.6 is 0 Å². The molecule has 0 aliphatic carbocycles. The summed E-state index contributed by atoms with van der Waals surface area (Å²) in [4.78, 5) is 34.9. The van der Waals surface area contributed by atoms with Crippen molar-refractivity contribution in [3.63, 3.8) is 0 Å². The molecule has 1 aliphatic heterocycles. The van der Waals surface area contributed by atoms with Crippen molar-refractivity contribution < 1.29 is 9.66 Å². The predicted molar refractivity (Wildman–Crippen MR) is 72.5 cm³/mol. The molecule has 0 spiro atoms. The largest absolute Gasteiger partial charge is 0.488 e. The van der Waals surface area contributed by atoms with E-state index in [0.717, 1.165) is 22.1 Å². The molecule has 0 saturated heterocycles. The van der Waals surface area contributed by atoms with E-state index in [-0.39, 0.29) is 12.6 Å². The van der Waals surface area contributed by atoms with Gasteiger partial charge >= 0.3 is 16.9 Å². The summed E-state index contributed by atoms with van der Waals surface area (Å²) in [6, 6.07) is 7.49. The summed E-state index contributed by atoms with van der Waals surface area (Å²) in [7, 11) is 0. The monoisotopic (exact) mass is 289 g/mol. The van der Waals surface area contributed by atoms with Crippen LogP contribution in [-0.2, 0) is 13.0 Å². The minimum atomic E-state index is -1.00. The number of nitrogens with zero attached hydrogens (tertiary/aromatic N) is 2. The van der Waals surface area contributed by atoms with E-state index in [2.05, 4.69) is 0 Å². The van der Waals surface area contributed by atoms with Crippen LogP contribution in [0.1, 0.15) is 5.56 Å². The summed E-state index contributed by atoms with van der Waals surface area (Å²) < 4.78 is 6.77. The first-order valence-electron chi connectivity index (χ1n) is 6.27. The molecule has 1 aliphatic rings. The van der Waals surface area contributed by atoms with Gasteiger partial charge in [-0.05, 0) is 11.6 Å². The fourth-order valence-electron chi connectivity index (χ4n) is 2.34. The third-order valence-electron chi connectivity index (χ3n) is 3.30. The SMILES string of the molecule is O=c1[nH]c(=O)n(CC2Cc3ccccc3O2)cc1[N+](=O)[O-]. The third-order valence-corrected chi connectivity index (χ3v) is 3.30. The Morgan fingerprint density at radius 1 is 1.38 bits per heavy atom. The number of hydrogen-bond donors (Lipinski definition) is 1. The van der Waals surface area contributed by atoms with Gasteiger partial charge in [0.1, 0.15) is 11.9 Å². The normalized spacial score (nSPS) is 16.3. The first-order chi connectivity index (χ1) is 10.0. The Morgan fingerprint density at radius 3 is 2.86 bits per heavy atom. The molecule has 1 N–H and O–H groups in total. The second-order valence-corrected chi connectivity index (χ2v) is 4.73. The van der Waals surface area contributed by atoms with Crippen molar-refractivity contribution in [3.8, 4) is 5.75 Å². The van der Waals surface area contributed by atoms with Crippen molar-refractivity contribution in [2.45, 2.75) is 19.1 Å². The maximum Gasteiger partial charge on any atom is 0.350 e. The van der Waals surface area contributed by atoms with Crippen LogP contribution in [0.15, 0.2) is 40.1 Å². The molecule has 8 heteroatoms.